The molecule has 154 valence electrons. The van der Waals surface area contributed by atoms with Gasteiger partial charge in [0, 0.05) is 16.5 Å². The van der Waals surface area contributed by atoms with Crippen LogP contribution < -0.4 is 14.8 Å². The summed E-state index contributed by atoms with van der Waals surface area (Å²) in [5.74, 6) is 1.26. The Morgan fingerprint density at radius 2 is 1.97 bits per heavy atom. The Labute approximate surface area is 187 Å². The maximum absolute atomic E-state index is 13.4. The minimum absolute atomic E-state index is 0.129. The minimum atomic E-state index is -1.34. The molecule has 3 aromatic carbocycles. The number of carbonyl (C=O) groups is 1. The quantitative estimate of drug-likeness (QED) is 0.577. The highest BCUT2D eigenvalue weighted by molar-refractivity contribution is 9.10. The fraction of sp³-hybridized carbons (Fsp3) is 0.167. The second-order valence-electron chi connectivity index (χ2n) is 7.77. The summed E-state index contributed by atoms with van der Waals surface area (Å²) in [5, 5.41) is 9.77. The first-order chi connectivity index (χ1) is 15.1. The molecule has 3 aliphatic heterocycles. The normalized spacial score (nSPS) is 22.9. The van der Waals surface area contributed by atoms with Gasteiger partial charge < -0.3 is 14.8 Å². The van der Waals surface area contributed by atoms with E-state index in [4.69, 9.17) is 14.6 Å². The Morgan fingerprint density at radius 1 is 1.16 bits per heavy atom. The van der Waals surface area contributed by atoms with E-state index in [0.29, 0.717) is 12.2 Å². The molecular formula is C24H18BrN3O3. The van der Waals surface area contributed by atoms with E-state index in [9.17, 15) is 4.79 Å². The molecule has 1 spiro atoms. The Hall–Kier alpha value is -3.32. The number of hydrogen-bond acceptors (Lipinski definition) is 5. The number of carbonyl (C=O) groups excluding carboxylic acids is 1. The monoisotopic (exact) mass is 475 g/mol. The smallest absolute Gasteiger partial charge is 0.306 e. The number of amides is 1. The SMILES string of the molecule is COc1ccc(C2=NN3[C@@H](C2)c2cc(Br)ccc2O[C@@]32C(=O)Nc3ccccc32)cc1. The second-order valence-corrected chi connectivity index (χ2v) is 8.68. The van der Waals surface area contributed by atoms with E-state index < -0.39 is 5.72 Å². The van der Waals surface area contributed by atoms with Gasteiger partial charge in [-0.3, -0.25) is 4.79 Å². The number of methoxy groups -OCH3 is 1. The number of halogens is 1. The minimum Gasteiger partial charge on any atom is -0.497 e. The first kappa shape index (κ1) is 18.4. The van der Waals surface area contributed by atoms with Crippen LogP contribution in [0.15, 0.2) is 76.3 Å². The number of hydrogen-bond donors (Lipinski definition) is 1. The molecule has 3 aliphatic rings. The second kappa shape index (κ2) is 6.59. The van der Waals surface area contributed by atoms with Crippen molar-refractivity contribution >= 4 is 33.2 Å². The number of rotatable bonds is 2. The fourth-order valence-corrected chi connectivity index (χ4v) is 5.00. The number of anilines is 1. The molecule has 7 heteroatoms. The van der Waals surface area contributed by atoms with Crippen molar-refractivity contribution in [1.82, 2.24) is 5.01 Å². The summed E-state index contributed by atoms with van der Waals surface area (Å²) in [4.78, 5) is 13.4. The Bertz CT molecular complexity index is 1260. The zero-order valence-corrected chi connectivity index (χ0v) is 18.2. The van der Waals surface area contributed by atoms with Crippen LogP contribution in [0.2, 0.25) is 0 Å². The summed E-state index contributed by atoms with van der Waals surface area (Å²) in [6.45, 7) is 0. The summed E-state index contributed by atoms with van der Waals surface area (Å²) in [6.07, 6.45) is 0.663. The van der Waals surface area contributed by atoms with Crippen molar-refractivity contribution in [3.8, 4) is 11.5 Å². The molecule has 1 N–H and O–H groups in total. The van der Waals surface area contributed by atoms with Gasteiger partial charge in [0.1, 0.15) is 11.5 Å². The molecule has 1 amide bonds. The topological polar surface area (TPSA) is 63.2 Å². The summed E-state index contributed by atoms with van der Waals surface area (Å²) >= 11 is 3.57. The molecule has 31 heavy (non-hydrogen) atoms. The van der Waals surface area contributed by atoms with Gasteiger partial charge in [0.25, 0.3) is 5.91 Å². The molecule has 0 saturated carbocycles. The van der Waals surface area contributed by atoms with Crippen LogP contribution in [0, 0.1) is 0 Å². The fourth-order valence-electron chi connectivity index (χ4n) is 4.63. The molecule has 6 rings (SSSR count). The number of ether oxygens (including phenoxy) is 2. The van der Waals surface area contributed by atoms with Crippen LogP contribution in [-0.2, 0) is 10.5 Å². The highest BCUT2D eigenvalue weighted by atomic mass is 79.9. The van der Waals surface area contributed by atoms with Gasteiger partial charge in [0.05, 0.1) is 30.1 Å². The predicted octanol–water partition coefficient (Wildman–Crippen LogP) is 4.81. The zero-order chi connectivity index (χ0) is 21.2. The van der Waals surface area contributed by atoms with Gasteiger partial charge in [-0.1, -0.05) is 34.1 Å². The molecule has 0 aliphatic carbocycles. The van der Waals surface area contributed by atoms with Crippen molar-refractivity contribution in [2.45, 2.75) is 18.2 Å². The Morgan fingerprint density at radius 3 is 2.77 bits per heavy atom. The van der Waals surface area contributed by atoms with Crippen molar-refractivity contribution in [3.05, 3.63) is 87.9 Å². The number of benzene rings is 3. The van der Waals surface area contributed by atoms with Gasteiger partial charge in [-0.2, -0.15) is 5.10 Å². The number of hydrazone groups is 1. The van der Waals surface area contributed by atoms with Gasteiger partial charge in [-0.25, -0.2) is 5.01 Å². The van der Waals surface area contributed by atoms with Crippen molar-refractivity contribution in [2.75, 3.05) is 12.4 Å². The van der Waals surface area contributed by atoms with Gasteiger partial charge >= 0.3 is 5.72 Å². The number of fused-ring (bicyclic) bond motifs is 6. The summed E-state index contributed by atoms with van der Waals surface area (Å²) in [7, 11) is 1.65. The first-order valence-corrected chi connectivity index (χ1v) is 10.8. The van der Waals surface area contributed by atoms with E-state index in [2.05, 4.69) is 21.2 Å². The van der Waals surface area contributed by atoms with Crippen molar-refractivity contribution in [1.29, 1.82) is 0 Å². The lowest BCUT2D eigenvalue weighted by Gasteiger charge is -2.44. The molecule has 0 unspecified atom stereocenters. The maximum atomic E-state index is 13.4. The van der Waals surface area contributed by atoms with Crippen LogP contribution in [0.5, 0.6) is 11.5 Å². The van der Waals surface area contributed by atoms with E-state index in [1.165, 1.54) is 0 Å². The lowest BCUT2D eigenvalue weighted by molar-refractivity contribution is -0.161. The molecule has 6 nitrogen and oxygen atoms in total. The summed E-state index contributed by atoms with van der Waals surface area (Å²) in [5.41, 5.74) is 3.09. The van der Waals surface area contributed by atoms with E-state index in [1.807, 2.05) is 71.7 Å². The van der Waals surface area contributed by atoms with E-state index in [0.717, 1.165) is 38.3 Å². The zero-order valence-electron chi connectivity index (χ0n) is 16.6. The lowest BCUT2D eigenvalue weighted by atomic mass is 9.92. The third-order valence-corrected chi connectivity index (χ3v) is 6.59. The van der Waals surface area contributed by atoms with Gasteiger partial charge in [-0.15, -0.1) is 0 Å². The molecule has 0 saturated heterocycles. The molecule has 3 heterocycles. The summed E-state index contributed by atoms with van der Waals surface area (Å²) < 4.78 is 12.7. The summed E-state index contributed by atoms with van der Waals surface area (Å²) in [6, 6.07) is 21.2. The number of para-hydroxylation sites is 1. The molecule has 3 aromatic rings. The molecule has 0 bridgehead atoms. The Balaban J connectivity index is 1.54. The number of nitrogens with zero attached hydrogens (tertiary/aromatic N) is 2. The van der Waals surface area contributed by atoms with Crippen molar-refractivity contribution < 1.29 is 14.3 Å². The average molecular weight is 476 g/mol. The highest BCUT2D eigenvalue weighted by Gasteiger charge is 2.60. The Kier molecular flexibility index (Phi) is 3.92. The predicted molar refractivity (Wildman–Crippen MR) is 120 cm³/mol. The molecule has 0 radical (unpaired) electrons. The van der Waals surface area contributed by atoms with Crippen molar-refractivity contribution in [3.63, 3.8) is 0 Å². The van der Waals surface area contributed by atoms with E-state index in [1.54, 1.807) is 7.11 Å². The van der Waals surface area contributed by atoms with Gasteiger partial charge in [0.15, 0.2) is 0 Å². The maximum Gasteiger partial charge on any atom is 0.306 e. The molecule has 2 atom stereocenters. The third kappa shape index (κ3) is 2.56. The highest BCUT2D eigenvalue weighted by Crippen LogP contribution is 2.54. The molecule has 0 aromatic heterocycles. The number of nitrogens with one attached hydrogen (secondary N) is 1. The van der Waals surface area contributed by atoms with Crippen LogP contribution in [0.3, 0.4) is 0 Å². The van der Waals surface area contributed by atoms with Crippen LogP contribution >= 0.6 is 15.9 Å². The average Bonchev–Trinajstić information content (AvgIpc) is 3.36. The molecule has 0 fully saturated rings. The van der Waals surface area contributed by atoms with Crippen LogP contribution in [-0.4, -0.2) is 23.7 Å². The van der Waals surface area contributed by atoms with Crippen LogP contribution in [0.4, 0.5) is 5.69 Å². The standard InChI is InChI=1S/C24H18BrN3O3/c1-30-16-9-6-14(7-10-16)20-13-21-17-12-15(25)8-11-22(17)31-24(28(21)27-20)18-4-2-3-5-19(18)26-23(24)29/h2-12,21H,13H2,1H3,(H,26,29)/t21-,24-/m0/s1. The van der Waals surface area contributed by atoms with E-state index >= 15 is 0 Å². The third-order valence-electron chi connectivity index (χ3n) is 6.09. The lowest BCUT2D eigenvalue weighted by Crippen LogP contribution is -2.55. The largest absolute Gasteiger partial charge is 0.497 e. The van der Waals surface area contributed by atoms with Crippen LogP contribution in [0.1, 0.15) is 29.2 Å². The molecular weight excluding hydrogens is 458 g/mol. The van der Waals surface area contributed by atoms with E-state index in [-0.39, 0.29) is 11.9 Å². The van der Waals surface area contributed by atoms with Crippen LogP contribution in [0.25, 0.3) is 0 Å². The first-order valence-electron chi connectivity index (χ1n) is 10.0. The van der Waals surface area contributed by atoms with Crippen molar-refractivity contribution in [2.24, 2.45) is 5.10 Å². The van der Waals surface area contributed by atoms with Gasteiger partial charge in [-0.05, 0) is 54.1 Å². The van der Waals surface area contributed by atoms with Gasteiger partial charge in [0.2, 0.25) is 0 Å².